The molecule has 1 aromatic carbocycles. The van der Waals surface area contributed by atoms with E-state index in [0.29, 0.717) is 6.61 Å². The van der Waals surface area contributed by atoms with E-state index in [4.69, 9.17) is 10.5 Å². The van der Waals surface area contributed by atoms with Crippen LogP contribution < -0.4 is 10.5 Å². The number of hydrogen-bond donors (Lipinski definition) is 1. The molecule has 0 spiro atoms. The SMILES string of the molecule is CCOc1cccc2c1[C@H](N)CC2. The van der Waals surface area contributed by atoms with Crippen molar-refractivity contribution >= 4 is 0 Å². The minimum absolute atomic E-state index is 0.178. The van der Waals surface area contributed by atoms with Crippen molar-refractivity contribution in [3.63, 3.8) is 0 Å². The van der Waals surface area contributed by atoms with Crippen LogP contribution in [0.5, 0.6) is 5.75 Å². The molecule has 1 aliphatic carbocycles. The van der Waals surface area contributed by atoms with Crippen LogP contribution in [-0.2, 0) is 6.42 Å². The highest BCUT2D eigenvalue weighted by Gasteiger charge is 2.22. The van der Waals surface area contributed by atoms with Crippen LogP contribution in [0.4, 0.5) is 0 Å². The van der Waals surface area contributed by atoms with Crippen LogP contribution in [0, 0.1) is 0 Å². The Morgan fingerprint density at radius 3 is 3.15 bits per heavy atom. The van der Waals surface area contributed by atoms with Gasteiger partial charge in [0, 0.05) is 11.6 Å². The topological polar surface area (TPSA) is 35.2 Å². The molecule has 0 radical (unpaired) electrons. The molecule has 0 fully saturated rings. The number of hydrogen-bond acceptors (Lipinski definition) is 2. The Hall–Kier alpha value is -1.02. The summed E-state index contributed by atoms with van der Waals surface area (Å²) in [5, 5.41) is 0. The summed E-state index contributed by atoms with van der Waals surface area (Å²) in [7, 11) is 0. The predicted octanol–water partition coefficient (Wildman–Crippen LogP) is 2.03. The molecule has 2 nitrogen and oxygen atoms in total. The van der Waals surface area contributed by atoms with Gasteiger partial charge in [0.2, 0.25) is 0 Å². The van der Waals surface area contributed by atoms with Gasteiger partial charge in [-0.25, -0.2) is 0 Å². The first-order chi connectivity index (χ1) is 6.33. The van der Waals surface area contributed by atoms with E-state index in [1.165, 1.54) is 11.1 Å². The van der Waals surface area contributed by atoms with Crippen LogP contribution in [0.15, 0.2) is 18.2 Å². The van der Waals surface area contributed by atoms with Crippen LogP contribution in [-0.4, -0.2) is 6.61 Å². The second kappa shape index (κ2) is 3.38. The summed E-state index contributed by atoms with van der Waals surface area (Å²) < 4.78 is 5.54. The number of ether oxygens (including phenoxy) is 1. The summed E-state index contributed by atoms with van der Waals surface area (Å²) in [5.74, 6) is 0.977. The highest BCUT2D eigenvalue weighted by atomic mass is 16.5. The average molecular weight is 177 g/mol. The Bertz CT molecular complexity index is 309. The van der Waals surface area contributed by atoms with E-state index >= 15 is 0 Å². The van der Waals surface area contributed by atoms with E-state index in [1.807, 2.05) is 19.1 Å². The van der Waals surface area contributed by atoms with Gasteiger partial charge in [0.05, 0.1) is 6.61 Å². The molecule has 1 aliphatic rings. The number of fused-ring (bicyclic) bond motifs is 1. The lowest BCUT2D eigenvalue weighted by Crippen LogP contribution is -2.07. The minimum atomic E-state index is 0.178. The third kappa shape index (κ3) is 1.42. The summed E-state index contributed by atoms with van der Waals surface area (Å²) in [6.45, 7) is 2.71. The van der Waals surface area contributed by atoms with Gasteiger partial charge >= 0.3 is 0 Å². The second-order valence-corrected chi connectivity index (χ2v) is 3.41. The minimum Gasteiger partial charge on any atom is -0.494 e. The highest BCUT2D eigenvalue weighted by molar-refractivity contribution is 5.45. The van der Waals surface area contributed by atoms with Crippen LogP contribution in [0.1, 0.15) is 30.5 Å². The molecule has 0 bridgehead atoms. The van der Waals surface area contributed by atoms with Crippen molar-refractivity contribution < 1.29 is 4.74 Å². The van der Waals surface area contributed by atoms with Gasteiger partial charge in [-0.15, -0.1) is 0 Å². The number of benzene rings is 1. The van der Waals surface area contributed by atoms with Gasteiger partial charge in [0.15, 0.2) is 0 Å². The molecule has 0 unspecified atom stereocenters. The van der Waals surface area contributed by atoms with Gasteiger partial charge < -0.3 is 10.5 Å². The fraction of sp³-hybridized carbons (Fsp3) is 0.455. The molecule has 0 saturated heterocycles. The molecule has 0 aliphatic heterocycles. The van der Waals surface area contributed by atoms with Crippen molar-refractivity contribution in [1.29, 1.82) is 0 Å². The van der Waals surface area contributed by atoms with E-state index in [0.717, 1.165) is 18.6 Å². The Morgan fingerprint density at radius 1 is 1.54 bits per heavy atom. The van der Waals surface area contributed by atoms with Crippen molar-refractivity contribution in [2.75, 3.05) is 6.61 Å². The summed E-state index contributed by atoms with van der Waals surface area (Å²) in [6.07, 6.45) is 2.15. The molecular formula is C11H15NO. The third-order valence-corrected chi connectivity index (χ3v) is 2.55. The quantitative estimate of drug-likeness (QED) is 0.750. The first-order valence-corrected chi connectivity index (χ1v) is 4.83. The van der Waals surface area contributed by atoms with Crippen LogP contribution in [0.3, 0.4) is 0 Å². The zero-order valence-corrected chi connectivity index (χ0v) is 7.92. The number of aryl methyl sites for hydroxylation is 1. The molecular weight excluding hydrogens is 162 g/mol. The third-order valence-electron chi connectivity index (χ3n) is 2.55. The summed E-state index contributed by atoms with van der Waals surface area (Å²) in [5.41, 5.74) is 8.58. The molecule has 0 saturated carbocycles. The van der Waals surface area contributed by atoms with Gasteiger partial charge in [0.1, 0.15) is 5.75 Å². The molecule has 2 N–H and O–H groups in total. The van der Waals surface area contributed by atoms with E-state index in [1.54, 1.807) is 0 Å². The first-order valence-electron chi connectivity index (χ1n) is 4.83. The molecule has 70 valence electrons. The summed E-state index contributed by atoms with van der Waals surface area (Å²) >= 11 is 0. The van der Waals surface area contributed by atoms with Gasteiger partial charge in [-0.1, -0.05) is 12.1 Å². The van der Waals surface area contributed by atoms with Crippen molar-refractivity contribution in [3.05, 3.63) is 29.3 Å². The molecule has 13 heavy (non-hydrogen) atoms. The summed E-state index contributed by atoms with van der Waals surface area (Å²) in [4.78, 5) is 0. The van der Waals surface area contributed by atoms with Gasteiger partial charge in [-0.2, -0.15) is 0 Å². The van der Waals surface area contributed by atoms with Crippen molar-refractivity contribution in [3.8, 4) is 5.75 Å². The van der Waals surface area contributed by atoms with E-state index in [-0.39, 0.29) is 6.04 Å². The number of nitrogens with two attached hydrogens (primary N) is 1. The Balaban J connectivity index is 2.41. The molecule has 2 rings (SSSR count). The molecule has 1 atom stereocenters. The van der Waals surface area contributed by atoms with E-state index in [2.05, 4.69) is 6.07 Å². The lowest BCUT2D eigenvalue weighted by Gasteiger charge is -2.11. The largest absolute Gasteiger partial charge is 0.494 e. The van der Waals surface area contributed by atoms with E-state index in [9.17, 15) is 0 Å². The molecule has 0 heterocycles. The maximum absolute atomic E-state index is 6.00. The molecule has 0 aromatic heterocycles. The molecule has 2 heteroatoms. The van der Waals surface area contributed by atoms with Gasteiger partial charge in [-0.3, -0.25) is 0 Å². The van der Waals surface area contributed by atoms with Crippen molar-refractivity contribution in [2.45, 2.75) is 25.8 Å². The van der Waals surface area contributed by atoms with Crippen molar-refractivity contribution in [1.82, 2.24) is 0 Å². The lowest BCUT2D eigenvalue weighted by atomic mass is 10.1. The van der Waals surface area contributed by atoms with Crippen molar-refractivity contribution in [2.24, 2.45) is 5.73 Å². The maximum atomic E-state index is 6.00. The lowest BCUT2D eigenvalue weighted by molar-refractivity contribution is 0.335. The monoisotopic (exact) mass is 177 g/mol. The Morgan fingerprint density at radius 2 is 2.38 bits per heavy atom. The second-order valence-electron chi connectivity index (χ2n) is 3.41. The molecule has 0 amide bonds. The fourth-order valence-corrected chi connectivity index (χ4v) is 1.97. The zero-order chi connectivity index (χ0) is 9.26. The fourth-order valence-electron chi connectivity index (χ4n) is 1.97. The van der Waals surface area contributed by atoms with Crippen LogP contribution >= 0.6 is 0 Å². The summed E-state index contributed by atoms with van der Waals surface area (Å²) in [6, 6.07) is 6.37. The Labute approximate surface area is 78.7 Å². The standard InChI is InChI=1S/C11H15NO/c1-2-13-10-5-3-4-8-6-7-9(12)11(8)10/h3-5,9H,2,6-7,12H2,1H3/t9-/m1/s1. The first kappa shape index (κ1) is 8.57. The van der Waals surface area contributed by atoms with Gasteiger partial charge in [-0.05, 0) is 31.4 Å². The van der Waals surface area contributed by atoms with Crippen LogP contribution in [0.25, 0.3) is 0 Å². The Kier molecular flexibility index (Phi) is 2.23. The zero-order valence-electron chi connectivity index (χ0n) is 7.92. The van der Waals surface area contributed by atoms with Crippen LogP contribution in [0.2, 0.25) is 0 Å². The average Bonchev–Trinajstić information content (AvgIpc) is 2.50. The molecule has 1 aromatic rings. The number of rotatable bonds is 2. The predicted molar refractivity (Wildman–Crippen MR) is 52.9 cm³/mol. The van der Waals surface area contributed by atoms with Gasteiger partial charge in [0.25, 0.3) is 0 Å². The smallest absolute Gasteiger partial charge is 0.124 e. The van der Waals surface area contributed by atoms with E-state index < -0.39 is 0 Å². The maximum Gasteiger partial charge on any atom is 0.124 e. The normalized spacial score (nSPS) is 20.0. The highest BCUT2D eigenvalue weighted by Crippen LogP contribution is 2.36.